The minimum absolute atomic E-state index is 0.00995. The van der Waals surface area contributed by atoms with Gasteiger partial charge in [-0.2, -0.15) is 0 Å². The van der Waals surface area contributed by atoms with Crippen molar-refractivity contribution in [2.45, 2.75) is 51.0 Å². The molecule has 1 aliphatic carbocycles. The molecule has 0 aromatic rings. The van der Waals surface area contributed by atoms with Gasteiger partial charge in [0.25, 0.3) is 0 Å². The van der Waals surface area contributed by atoms with Crippen LogP contribution in [-0.2, 0) is 4.79 Å². The van der Waals surface area contributed by atoms with Gasteiger partial charge < -0.3 is 5.11 Å². The molecule has 0 radical (unpaired) electrons. The summed E-state index contributed by atoms with van der Waals surface area (Å²) in [4.78, 5) is 11.3. The van der Waals surface area contributed by atoms with Crippen molar-refractivity contribution in [1.82, 2.24) is 0 Å². The summed E-state index contributed by atoms with van der Waals surface area (Å²) in [5.74, 6) is -0.279. The summed E-state index contributed by atoms with van der Waals surface area (Å²) in [6.07, 6.45) is 8.77. The Bertz CT molecular complexity index is 347. The van der Waals surface area contributed by atoms with Crippen molar-refractivity contribution in [2.75, 3.05) is 0 Å². The largest absolute Gasteiger partial charge is 0.383 e. The second kappa shape index (κ2) is 6.58. The molecule has 0 amide bonds. The molecule has 1 unspecified atom stereocenters. The zero-order valence-electron chi connectivity index (χ0n) is 10.0. The van der Waals surface area contributed by atoms with E-state index in [9.17, 15) is 9.90 Å². The molecule has 2 nitrogen and oxygen atoms in total. The molecule has 17 heavy (non-hydrogen) atoms. The quantitative estimate of drug-likeness (QED) is 0.590. The summed E-state index contributed by atoms with van der Waals surface area (Å²) in [5, 5.41) is 10.2. The van der Waals surface area contributed by atoms with E-state index < -0.39 is 5.60 Å². The minimum atomic E-state index is -1.28. The lowest BCUT2D eigenvalue weighted by molar-refractivity contribution is -0.116. The van der Waals surface area contributed by atoms with Crippen molar-refractivity contribution >= 4 is 29.0 Å². The van der Waals surface area contributed by atoms with E-state index in [0.717, 1.165) is 12.8 Å². The normalized spacial score (nSPS) is 25.3. The first-order chi connectivity index (χ1) is 8.01. The fraction of sp³-hybridized carbons (Fsp3) is 0.615. The van der Waals surface area contributed by atoms with Crippen molar-refractivity contribution < 1.29 is 9.90 Å². The number of carbonyl (C=O) groups is 1. The zero-order valence-corrected chi connectivity index (χ0v) is 11.5. The van der Waals surface area contributed by atoms with Crippen LogP contribution in [0.5, 0.6) is 0 Å². The maximum Gasteiger partial charge on any atom is 0.178 e. The molecule has 96 valence electrons. The van der Waals surface area contributed by atoms with Gasteiger partial charge in [0.1, 0.15) is 10.6 Å². The Morgan fingerprint density at radius 1 is 1.35 bits per heavy atom. The van der Waals surface area contributed by atoms with E-state index in [4.69, 9.17) is 23.2 Å². The van der Waals surface area contributed by atoms with Crippen molar-refractivity contribution in [2.24, 2.45) is 0 Å². The third-order valence-electron chi connectivity index (χ3n) is 2.90. The molecule has 0 saturated carbocycles. The van der Waals surface area contributed by atoms with Gasteiger partial charge in [-0.25, -0.2) is 0 Å². The number of hydrogen-bond acceptors (Lipinski definition) is 2. The third-order valence-corrected chi connectivity index (χ3v) is 3.93. The summed E-state index contributed by atoms with van der Waals surface area (Å²) in [5.41, 5.74) is -1.28. The van der Waals surface area contributed by atoms with Crippen LogP contribution in [0.4, 0.5) is 0 Å². The molecule has 0 bridgehead atoms. The highest BCUT2D eigenvalue weighted by Gasteiger charge is 2.42. The van der Waals surface area contributed by atoms with Crippen LogP contribution in [-0.4, -0.2) is 16.5 Å². The standard InChI is InChI=1S/C13H18Cl2O2/c1-2-3-4-5-6-7-8-13(17)9-10(16)11(14)12(13)15/h6-7,17H,2-5,8-9H2,1H3. The number of unbranched alkanes of at least 4 members (excludes halogenated alkanes) is 3. The van der Waals surface area contributed by atoms with Crippen molar-refractivity contribution in [3.63, 3.8) is 0 Å². The number of rotatable bonds is 6. The van der Waals surface area contributed by atoms with Crippen LogP contribution in [0.15, 0.2) is 22.2 Å². The van der Waals surface area contributed by atoms with Gasteiger partial charge in [-0.1, -0.05) is 55.1 Å². The van der Waals surface area contributed by atoms with Gasteiger partial charge in [0.05, 0.1) is 5.03 Å². The van der Waals surface area contributed by atoms with Gasteiger partial charge in [-0.15, -0.1) is 0 Å². The topological polar surface area (TPSA) is 37.3 Å². The van der Waals surface area contributed by atoms with Crippen LogP contribution in [0.2, 0.25) is 0 Å². The highest BCUT2D eigenvalue weighted by molar-refractivity contribution is 6.50. The molecule has 0 saturated heterocycles. The SMILES string of the molecule is CCCCCC=CCC1(O)CC(=O)C(Cl)=C1Cl. The summed E-state index contributed by atoms with van der Waals surface area (Å²) < 4.78 is 0. The highest BCUT2D eigenvalue weighted by Crippen LogP contribution is 2.40. The number of Topliss-reactive ketones (excluding diaryl/α,β-unsaturated/α-hetero) is 1. The fourth-order valence-corrected chi connectivity index (χ4v) is 2.31. The smallest absolute Gasteiger partial charge is 0.178 e. The van der Waals surface area contributed by atoms with Gasteiger partial charge in [0.15, 0.2) is 5.78 Å². The second-order valence-corrected chi connectivity index (χ2v) is 5.19. The van der Waals surface area contributed by atoms with Crippen LogP contribution in [0.1, 0.15) is 45.4 Å². The highest BCUT2D eigenvalue weighted by atomic mass is 35.5. The summed E-state index contributed by atoms with van der Waals surface area (Å²) in [6, 6.07) is 0. The van der Waals surface area contributed by atoms with Gasteiger partial charge >= 0.3 is 0 Å². The van der Waals surface area contributed by atoms with E-state index in [1.165, 1.54) is 12.8 Å². The molecular formula is C13H18Cl2O2. The van der Waals surface area contributed by atoms with E-state index >= 15 is 0 Å². The van der Waals surface area contributed by atoms with Crippen LogP contribution >= 0.6 is 23.2 Å². The first-order valence-electron chi connectivity index (χ1n) is 5.97. The molecule has 1 atom stereocenters. The van der Waals surface area contributed by atoms with E-state index in [0.29, 0.717) is 6.42 Å². The molecule has 1 N–H and O–H groups in total. The Labute approximate surface area is 112 Å². The Morgan fingerprint density at radius 2 is 2.06 bits per heavy atom. The molecule has 4 heteroatoms. The maximum absolute atomic E-state index is 11.3. The molecular weight excluding hydrogens is 259 g/mol. The molecule has 0 spiro atoms. The number of allylic oxidation sites excluding steroid dienone is 2. The number of hydrogen-bond donors (Lipinski definition) is 1. The summed E-state index contributed by atoms with van der Waals surface area (Å²) >= 11 is 11.6. The molecule has 0 fully saturated rings. The Hall–Kier alpha value is -0.310. The molecule has 0 aromatic heterocycles. The zero-order chi connectivity index (χ0) is 12.9. The number of ketones is 1. The minimum Gasteiger partial charge on any atom is -0.383 e. The average molecular weight is 277 g/mol. The summed E-state index contributed by atoms with van der Waals surface area (Å²) in [7, 11) is 0. The molecule has 1 rings (SSSR count). The number of halogens is 2. The predicted molar refractivity (Wildman–Crippen MR) is 71.2 cm³/mol. The number of carbonyl (C=O) groups excluding carboxylic acids is 1. The van der Waals surface area contributed by atoms with E-state index in [2.05, 4.69) is 6.92 Å². The van der Waals surface area contributed by atoms with Crippen LogP contribution in [0.25, 0.3) is 0 Å². The molecule has 0 heterocycles. The van der Waals surface area contributed by atoms with E-state index in [-0.39, 0.29) is 22.3 Å². The van der Waals surface area contributed by atoms with Crippen LogP contribution < -0.4 is 0 Å². The molecule has 0 aliphatic heterocycles. The second-order valence-electron chi connectivity index (χ2n) is 4.43. The monoisotopic (exact) mass is 276 g/mol. The van der Waals surface area contributed by atoms with Crippen LogP contribution in [0, 0.1) is 0 Å². The average Bonchev–Trinajstić information content (AvgIpc) is 2.48. The molecule has 1 aliphatic rings. The van der Waals surface area contributed by atoms with Crippen molar-refractivity contribution in [1.29, 1.82) is 0 Å². The van der Waals surface area contributed by atoms with Crippen molar-refractivity contribution in [3.05, 3.63) is 22.2 Å². The Kier molecular flexibility index (Phi) is 5.71. The first kappa shape index (κ1) is 14.7. The Morgan fingerprint density at radius 3 is 2.59 bits per heavy atom. The lowest BCUT2D eigenvalue weighted by Gasteiger charge is -2.19. The Balaban J connectivity index is 2.44. The number of aliphatic hydroxyl groups is 1. The van der Waals surface area contributed by atoms with Gasteiger partial charge in [0.2, 0.25) is 0 Å². The lowest BCUT2D eigenvalue weighted by atomic mass is 9.98. The lowest BCUT2D eigenvalue weighted by Crippen LogP contribution is -2.26. The van der Waals surface area contributed by atoms with Gasteiger partial charge in [0, 0.05) is 6.42 Å². The van der Waals surface area contributed by atoms with E-state index in [1.807, 2.05) is 12.2 Å². The van der Waals surface area contributed by atoms with Crippen molar-refractivity contribution in [3.8, 4) is 0 Å². The fourth-order valence-electron chi connectivity index (χ4n) is 1.82. The first-order valence-corrected chi connectivity index (χ1v) is 6.73. The van der Waals surface area contributed by atoms with E-state index in [1.54, 1.807) is 0 Å². The molecule has 0 aromatic carbocycles. The summed E-state index contributed by atoms with van der Waals surface area (Å²) in [6.45, 7) is 2.16. The third kappa shape index (κ3) is 3.84. The van der Waals surface area contributed by atoms with Gasteiger partial charge in [-0.3, -0.25) is 4.79 Å². The van der Waals surface area contributed by atoms with Crippen LogP contribution in [0.3, 0.4) is 0 Å². The predicted octanol–water partition coefficient (Wildman–Crippen LogP) is 3.91. The maximum atomic E-state index is 11.3. The van der Waals surface area contributed by atoms with Gasteiger partial charge in [-0.05, 0) is 19.3 Å².